The lowest BCUT2D eigenvalue weighted by Gasteiger charge is -2.41. The molecule has 160 valence electrons. The van der Waals surface area contributed by atoms with Crippen LogP contribution in [-0.2, 0) is 12.0 Å². The van der Waals surface area contributed by atoms with Gasteiger partial charge in [0.05, 0.1) is 5.41 Å². The smallest absolute Gasteiger partial charge is 0.317 e. The van der Waals surface area contributed by atoms with Crippen molar-refractivity contribution in [3.63, 3.8) is 0 Å². The van der Waals surface area contributed by atoms with Gasteiger partial charge >= 0.3 is 6.03 Å². The molecule has 5 rings (SSSR count). The molecule has 1 saturated heterocycles. The molecular formula is C24H27N5O2. The first-order valence-electron chi connectivity index (χ1n) is 11.0. The predicted octanol–water partition coefficient (Wildman–Crippen LogP) is 4.18. The number of pyridine rings is 1. The average molecular weight is 418 g/mol. The number of likely N-dealkylation sites (tertiary alicyclic amines) is 1. The third kappa shape index (κ3) is 4.45. The van der Waals surface area contributed by atoms with Crippen molar-refractivity contribution in [2.24, 2.45) is 5.92 Å². The van der Waals surface area contributed by atoms with Crippen LogP contribution in [0.1, 0.15) is 43.5 Å². The Morgan fingerprint density at radius 3 is 2.77 bits per heavy atom. The van der Waals surface area contributed by atoms with Crippen molar-refractivity contribution in [2.75, 3.05) is 13.1 Å². The van der Waals surface area contributed by atoms with E-state index < -0.39 is 0 Å². The number of nitrogens with zero attached hydrogens (tertiary/aromatic N) is 4. The molecule has 1 aliphatic heterocycles. The van der Waals surface area contributed by atoms with E-state index in [1.165, 1.54) is 12.8 Å². The highest BCUT2D eigenvalue weighted by atomic mass is 16.5. The van der Waals surface area contributed by atoms with Crippen LogP contribution in [0.3, 0.4) is 0 Å². The molecule has 1 atom stereocenters. The Labute approximate surface area is 181 Å². The zero-order valence-electron chi connectivity index (χ0n) is 17.5. The van der Waals surface area contributed by atoms with E-state index in [1.54, 1.807) is 6.20 Å². The molecule has 0 radical (unpaired) electrons. The Hall–Kier alpha value is -3.22. The first-order valence-corrected chi connectivity index (χ1v) is 11.0. The van der Waals surface area contributed by atoms with Gasteiger partial charge in [0.1, 0.15) is 5.69 Å². The van der Waals surface area contributed by atoms with Crippen molar-refractivity contribution in [1.82, 2.24) is 25.3 Å². The van der Waals surface area contributed by atoms with Gasteiger partial charge in [0.25, 0.3) is 5.89 Å². The number of piperidine rings is 1. The second-order valence-corrected chi connectivity index (χ2v) is 8.74. The van der Waals surface area contributed by atoms with Crippen LogP contribution in [0.15, 0.2) is 59.3 Å². The highest BCUT2D eigenvalue weighted by molar-refractivity contribution is 5.74. The van der Waals surface area contributed by atoms with E-state index in [0.717, 1.165) is 31.4 Å². The van der Waals surface area contributed by atoms with Crippen LogP contribution in [0.25, 0.3) is 11.6 Å². The third-order valence-electron chi connectivity index (χ3n) is 6.31. The zero-order chi connectivity index (χ0) is 21.1. The van der Waals surface area contributed by atoms with Gasteiger partial charge in [-0.2, -0.15) is 4.98 Å². The van der Waals surface area contributed by atoms with E-state index in [-0.39, 0.29) is 11.4 Å². The number of amides is 2. The second-order valence-electron chi connectivity index (χ2n) is 8.74. The zero-order valence-corrected chi connectivity index (χ0v) is 17.5. The number of aromatic nitrogens is 3. The van der Waals surface area contributed by atoms with E-state index in [4.69, 9.17) is 9.51 Å². The van der Waals surface area contributed by atoms with E-state index in [2.05, 4.69) is 15.5 Å². The molecule has 31 heavy (non-hydrogen) atoms. The summed E-state index contributed by atoms with van der Waals surface area (Å²) in [6.07, 6.45) is 7.10. The molecule has 1 N–H and O–H groups in total. The number of carbonyl (C=O) groups excluding carboxylic acids is 1. The summed E-state index contributed by atoms with van der Waals surface area (Å²) >= 11 is 0. The van der Waals surface area contributed by atoms with Gasteiger partial charge in [-0.15, -0.1) is 0 Å². The van der Waals surface area contributed by atoms with Crippen molar-refractivity contribution in [2.45, 2.75) is 44.1 Å². The number of hydrogen-bond donors (Lipinski definition) is 1. The molecule has 1 unspecified atom stereocenters. The van der Waals surface area contributed by atoms with Crippen LogP contribution in [-0.4, -0.2) is 39.1 Å². The fraction of sp³-hybridized carbons (Fsp3) is 0.417. The van der Waals surface area contributed by atoms with Gasteiger partial charge in [-0.05, 0) is 42.9 Å². The lowest BCUT2D eigenvalue weighted by molar-refractivity contribution is 0.134. The van der Waals surface area contributed by atoms with Gasteiger partial charge in [-0.3, -0.25) is 4.98 Å². The average Bonchev–Trinajstić information content (AvgIpc) is 3.48. The van der Waals surface area contributed by atoms with Crippen molar-refractivity contribution in [3.8, 4) is 11.6 Å². The fourth-order valence-electron chi connectivity index (χ4n) is 4.54. The highest BCUT2D eigenvalue weighted by Crippen LogP contribution is 2.45. The fourth-order valence-corrected chi connectivity index (χ4v) is 4.54. The molecule has 2 aliphatic rings. The normalized spacial score (nSPS) is 21.1. The minimum atomic E-state index is -0.264. The van der Waals surface area contributed by atoms with Gasteiger partial charge in [0.2, 0.25) is 0 Å². The SMILES string of the molecule is O=C(NCc1ccccc1)N1CCCC(CC2CC2)(c2noc(-c3ccccn3)n2)C1. The first kappa shape index (κ1) is 19.7. The molecule has 7 heteroatoms. The monoisotopic (exact) mass is 417 g/mol. The van der Waals surface area contributed by atoms with Crippen LogP contribution in [0, 0.1) is 5.92 Å². The first-order chi connectivity index (χ1) is 15.2. The molecule has 0 spiro atoms. The maximum absolute atomic E-state index is 13.0. The summed E-state index contributed by atoms with van der Waals surface area (Å²) in [5, 5.41) is 7.44. The molecule has 1 aliphatic carbocycles. The summed E-state index contributed by atoms with van der Waals surface area (Å²) < 4.78 is 5.59. The summed E-state index contributed by atoms with van der Waals surface area (Å²) in [7, 11) is 0. The molecule has 3 heterocycles. The van der Waals surface area contributed by atoms with Gasteiger partial charge in [0.15, 0.2) is 5.82 Å². The summed E-state index contributed by atoms with van der Waals surface area (Å²) in [4.78, 5) is 24.0. The van der Waals surface area contributed by atoms with E-state index in [0.29, 0.717) is 36.4 Å². The van der Waals surface area contributed by atoms with Crippen molar-refractivity contribution >= 4 is 6.03 Å². The Morgan fingerprint density at radius 1 is 1.16 bits per heavy atom. The lowest BCUT2D eigenvalue weighted by Crippen LogP contribution is -2.52. The predicted molar refractivity (Wildman–Crippen MR) is 116 cm³/mol. The summed E-state index contributed by atoms with van der Waals surface area (Å²) in [6.45, 7) is 1.89. The van der Waals surface area contributed by atoms with Crippen molar-refractivity contribution < 1.29 is 9.32 Å². The van der Waals surface area contributed by atoms with Crippen LogP contribution < -0.4 is 5.32 Å². The van der Waals surface area contributed by atoms with E-state index >= 15 is 0 Å². The summed E-state index contributed by atoms with van der Waals surface area (Å²) in [6, 6.07) is 15.6. The topological polar surface area (TPSA) is 84.2 Å². The van der Waals surface area contributed by atoms with E-state index in [1.807, 2.05) is 53.4 Å². The highest BCUT2D eigenvalue weighted by Gasteiger charge is 2.45. The van der Waals surface area contributed by atoms with Gasteiger partial charge < -0.3 is 14.7 Å². The lowest BCUT2D eigenvalue weighted by atomic mass is 9.75. The second kappa shape index (κ2) is 8.49. The maximum Gasteiger partial charge on any atom is 0.317 e. The van der Waals surface area contributed by atoms with Crippen LogP contribution in [0.5, 0.6) is 0 Å². The Kier molecular flexibility index (Phi) is 5.40. The summed E-state index contributed by atoms with van der Waals surface area (Å²) in [5.41, 5.74) is 1.51. The van der Waals surface area contributed by atoms with Crippen LogP contribution in [0.4, 0.5) is 4.79 Å². The minimum Gasteiger partial charge on any atom is -0.334 e. The number of nitrogens with one attached hydrogen (secondary N) is 1. The van der Waals surface area contributed by atoms with Gasteiger partial charge in [0, 0.05) is 25.8 Å². The molecular weight excluding hydrogens is 390 g/mol. The molecule has 7 nitrogen and oxygen atoms in total. The number of rotatable bonds is 6. The molecule has 0 bridgehead atoms. The van der Waals surface area contributed by atoms with Gasteiger partial charge in [-0.1, -0.05) is 54.4 Å². The van der Waals surface area contributed by atoms with Crippen molar-refractivity contribution in [1.29, 1.82) is 0 Å². The molecule has 1 aromatic carbocycles. The standard InChI is InChI=1S/C24H27N5O2/c30-23(26-16-19-7-2-1-3-8-19)29-14-6-12-24(17-29,15-18-10-11-18)22-27-21(31-28-22)20-9-4-5-13-25-20/h1-5,7-9,13,18H,6,10-12,14-17H2,(H,26,30). The minimum absolute atomic E-state index is 0.0304. The van der Waals surface area contributed by atoms with Crippen LogP contribution >= 0.6 is 0 Å². The maximum atomic E-state index is 13.0. The Balaban J connectivity index is 1.34. The number of urea groups is 1. The Bertz CT molecular complexity index is 1020. The molecule has 3 aromatic rings. The number of hydrogen-bond acceptors (Lipinski definition) is 5. The quantitative estimate of drug-likeness (QED) is 0.651. The Morgan fingerprint density at radius 2 is 2.00 bits per heavy atom. The molecule has 2 amide bonds. The number of benzene rings is 1. The van der Waals surface area contributed by atoms with Crippen molar-refractivity contribution in [3.05, 3.63) is 66.1 Å². The number of carbonyl (C=O) groups is 1. The van der Waals surface area contributed by atoms with Crippen LogP contribution in [0.2, 0.25) is 0 Å². The molecule has 2 fully saturated rings. The molecule has 2 aromatic heterocycles. The summed E-state index contributed by atoms with van der Waals surface area (Å²) in [5.74, 6) is 1.83. The van der Waals surface area contributed by atoms with E-state index in [9.17, 15) is 4.79 Å². The third-order valence-corrected chi connectivity index (χ3v) is 6.31. The largest absolute Gasteiger partial charge is 0.334 e. The van der Waals surface area contributed by atoms with Gasteiger partial charge in [-0.25, -0.2) is 4.79 Å². The molecule has 1 saturated carbocycles.